The molecule has 0 heterocycles. The first-order chi connectivity index (χ1) is 10.1. The van der Waals surface area contributed by atoms with E-state index >= 15 is 0 Å². The molecule has 1 N–H and O–H groups in total. The van der Waals surface area contributed by atoms with Crippen LogP contribution >= 0.6 is 0 Å². The fourth-order valence-corrected chi connectivity index (χ4v) is 2.67. The van der Waals surface area contributed by atoms with Gasteiger partial charge in [0.2, 0.25) is 0 Å². The van der Waals surface area contributed by atoms with Gasteiger partial charge in [-0.1, -0.05) is 0 Å². The van der Waals surface area contributed by atoms with Gasteiger partial charge >= 0.3 is 0 Å². The predicted molar refractivity (Wildman–Crippen MR) is 79.2 cm³/mol. The summed E-state index contributed by atoms with van der Waals surface area (Å²) < 4.78 is 31.8. The van der Waals surface area contributed by atoms with E-state index in [4.69, 9.17) is 4.74 Å². The van der Waals surface area contributed by atoms with Crippen molar-refractivity contribution in [3.05, 3.63) is 35.4 Å². The van der Waals surface area contributed by atoms with Crippen LogP contribution in [0.15, 0.2) is 18.2 Å². The average Bonchev–Trinajstić information content (AvgIpc) is 3.26. The second-order valence-electron chi connectivity index (χ2n) is 5.59. The third kappa shape index (κ3) is 5.02. The molecule has 1 aromatic rings. The van der Waals surface area contributed by atoms with Crippen molar-refractivity contribution >= 4 is 0 Å². The van der Waals surface area contributed by atoms with Crippen molar-refractivity contribution in [3.8, 4) is 0 Å². The summed E-state index contributed by atoms with van der Waals surface area (Å²) in [6, 6.07) is 4.33. The zero-order chi connectivity index (χ0) is 15.2. The summed E-state index contributed by atoms with van der Waals surface area (Å²) >= 11 is 0. The van der Waals surface area contributed by atoms with Gasteiger partial charge in [0.1, 0.15) is 11.6 Å². The fourth-order valence-electron chi connectivity index (χ4n) is 2.67. The highest BCUT2D eigenvalue weighted by Gasteiger charge is 2.28. The molecule has 0 aliphatic heterocycles. The van der Waals surface area contributed by atoms with Crippen LogP contribution in [-0.4, -0.2) is 44.8 Å². The van der Waals surface area contributed by atoms with Gasteiger partial charge < -0.3 is 10.1 Å². The summed E-state index contributed by atoms with van der Waals surface area (Å²) in [5.74, 6) is -1.05. The Kier molecular flexibility index (Phi) is 6.08. The Labute approximate surface area is 125 Å². The number of hydrogen-bond donors (Lipinski definition) is 1. The van der Waals surface area contributed by atoms with E-state index in [1.54, 1.807) is 7.11 Å². The van der Waals surface area contributed by atoms with Crippen LogP contribution in [0.1, 0.15) is 30.9 Å². The average molecular weight is 298 g/mol. The zero-order valence-electron chi connectivity index (χ0n) is 12.7. The number of ether oxygens (including phenoxy) is 1. The summed E-state index contributed by atoms with van der Waals surface area (Å²) in [6.07, 6.45) is 3.30. The zero-order valence-corrected chi connectivity index (χ0v) is 12.7. The van der Waals surface area contributed by atoms with Gasteiger partial charge in [-0.3, -0.25) is 4.90 Å². The molecule has 1 aromatic carbocycles. The Hall–Kier alpha value is -1.04. The smallest absolute Gasteiger partial charge is 0.126 e. The lowest BCUT2D eigenvalue weighted by atomic mass is 10.0. The Balaban J connectivity index is 1.94. The molecule has 0 bridgehead atoms. The number of methoxy groups -OCH3 is 1. The molecule has 0 radical (unpaired) electrons. The second-order valence-corrected chi connectivity index (χ2v) is 5.59. The van der Waals surface area contributed by atoms with Gasteiger partial charge in [-0.15, -0.1) is 0 Å². The molecular formula is C16H24F2N2O. The molecule has 118 valence electrons. The molecule has 1 saturated carbocycles. The van der Waals surface area contributed by atoms with E-state index < -0.39 is 11.6 Å². The highest BCUT2D eigenvalue weighted by molar-refractivity contribution is 5.21. The normalized spacial score (nSPS) is 16.4. The lowest BCUT2D eigenvalue weighted by Gasteiger charge is -2.25. The van der Waals surface area contributed by atoms with Crippen molar-refractivity contribution in [2.75, 3.05) is 33.9 Å². The highest BCUT2D eigenvalue weighted by atomic mass is 19.1. The standard InChI is InChI=1S/C16H24F2N2O/c1-19-16(12-9-13(17)11-14(18)10-12)5-6-20(7-8-21-2)15-3-4-15/h9-11,15-16,19H,3-8H2,1-2H3. The Morgan fingerprint density at radius 1 is 1.24 bits per heavy atom. The molecule has 21 heavy (non-hydrogen) atoms. The van der Waals surface area contributed by atoms with Gasteiger partial charge in [-0.2, -0.15) is 0 Å². The van der Waals surface area contributed by atoms with Gasteiger partial charge in [-0.25, -0.2) is 8.78 Å². The maximum atomic E-state index is 13.3. The molecule has 0 spiro atoms. The number of rotatable bonds is 9. The van der Waals surface area contributed by atoms with Crippen molar-refractivity contribution in [3.63, 3.8) is 0 Å². The molecule has 3 nitrogen and oxygen atoms in total. The molecular weight excluding hydrogens is 274 g/mol. The highest BCUT2D eigenvalue weighted by Crippen LogP contribution is 2.28. The molecule has 0 aromatic heterocycles. The van der Waals surface area contributed by atoms with Gasteiger partial charge in [0.15, 0.2) is 0 Å². The van der Waals surface area contributed by atoms with Crippen LogP contribution < -0.4 is 5.32 Å². The summed E-state index contributed by atoms with van der Waals surface area (Å²) in [5, 5.41) is 3.15. The third-order valence-corrected chi connectivity index (χ3v) is 3.99. The first-order valence-electron chi connectivity index (χ1n) is 7.50. The maximum Gasteiger partial charge on any atom is 0.126 e. The minimum atomic E-state index is -0.524. The van der Waals surface area contributed by atoms with Crippen molar-refractivity contribution in [1.82, 2.24) is 10.2 Å². The van der Waals surface area contributed by atoms with E-state index in [-0.39, 0.29) is 6.04 Å². The largest absolute Gasteiger partial charge is 0.383 e. The topological polar surface area (TPSA) is 24.5 Å². The lowest BCUT2D eigenvalue weighted by molar-refractivity contribution is 0.140. The monoisotopic (exact) mass is 298 g/mol. The molecule has 1 unspecified atom stereocenters. The maximum absolute atomic E-state index is 13.3. The van der Waals surface area contributed by atoms with E-state index in [9.17, 15) is 8.78 Å². The minimum Gasteiger partial charge on any atom is -0.383 e. The Bertz CT molecular complexity index is 432. The summed E-state index contributed by atoms with van der Waals surface area (Å²) in [4.78, 5) is 2.41. The van der Waals surface area contributed by atoms with Gasteiger partial charge in [0.05, 0.1) is 6.61 Å². The van der Waals surface area contributed by atoms with Gasteiger partial charge in [0, 0.05) is 38.3 Å². The Morgan fingerprint density at radius 2 is 1.90 bits per heavy atom. The fraction of sp³-hybridized carbons (Fsp3) is 0.625. The second kappa shape index (κ2) is 7.82. The number of hydrogen-bond acceptors (Lipinski definition) is 3. The van der Waals surface area contributed by atoms with Crippen molar-refractivity contribution in [2.24, 2.45) is 0 Å². The number of nitrogens with zero attached hydrogens (tertiary/aromatic N) is 1. The van der Waals surface area contributed by atoms with E-state index in [2.05, 4.69) is 10.2 Å². The van der Waals surface area contributed by atoms with Crippen molar-refractivity contribution in [1.29, 1.82) is 0 Å². The van der Waals surface area contributed by atoms with Crippen LogP contribution in [0, 0.1) is 11.6 Å². The molecule has 0 amide bonds. The van der Waals surface area contributed by atoms with E-state index in [1.165, 1.54) is 25.0 Å². The van der Waals surface area contributed by atoms with Crippen LogP contribution in [-0.2, 0) is 4.74 Å². The number of benzene rings is 1. The van der Waals surface area contributed by atoms with Crippen LogP contribution in [0.5, 0.6) is 0 Å². The summed E-state index contributed by atoms with van der Waals surface area (Å²) in [6.45, 7) is 2.53. The lowest BCUT2D eigenvalue weighted by Crippen LogP contribution is -2.33. The van der Waals surface area contributed by atoms with Crippen LogP contribution in [0.25, 0.3) is 0 Å². The molecule has 1 fully saturated rings. The summed E-state index contributed by atoms with van der Waals surface area (Å²) in [7, 11) is 3.53. The Morgan fingerprint density at radius 3 is 2.43 bits per heavy atom. The van der Waals surface area contributed by atoms with Crippen LogP contribution in [0.4, 0.5) is 8.78 Å². The molecule has 1 aliphatic rings. The van der Waals surface area contributed by atoms with Crippen molar-refractivity contribution < 1.29 is 13.5 Å². The first kappa shape index (κ1) is 16.3. The quantitative estimate of drug-likeness (QED) is 0.758. The van der Waals surface area contributed by atoms with E-state index in [0.717, 1.165) is 32.2 Å². The minimum absolute atomic E-state index is 0.0426. The number of halogens is 2. The SMILES string of the molecule is CNC(CCN(CCOC)C1CC1)c1cc(F)cc(F)c1. The predicted octanol–water partition coefficient (Wildman–Crippen LogP) is 2.73. The number of nitrogens with one attached hydrogen (secondary N) is 1. The third-order valence-electron chi connectivity index (χ3n) is 3.99. The van der Waals surface area contributed by atoms with E-state index in [0.29, 0.717) is 11.6 Å². The molecule has 0 saturated heterocycles. The molecule has 2 rings (SSSR count). The van der Waals surface area contributed by atoms with Gasteiger partial charge in [-0.05, 0) is 44.0 Å². The van der Waals surface area contributed by atoms with Crippen LogP contribution in [0.3, 0.4) is 0 Å². The molecule has 5 heteroatoms. The van der Waals surface area contributed by atoms with E-state index in [1.807, 2.05) is 7.05 Å². The van der Waals surface area contributed by atoms with Crippen LogP contribution in [0.2, 0.25) is 0 Å². The van der Waals surface area contributed by atoms with Gasteiger partial charge in [0.25, 0.3) is 0 Å². The molecule has 1 atom stereocenters. The summed E-state index contributed by atoms with van der Waals surface area (Å²) in [5.41, 5.74) is 0.664. The molecule has 1 aliphatic carbocycles. The van der Waals surface area contributed by atoms with Crippen molar-refractivity contribution in [2.45, 2.75) is 31.3 Å². The first-order valence-corrected chi connectivity index (χ1v) is 7.50.